The Morgan fingerprint density at radius 3 is 2.08 bits per heavy atom. The van der Waals surface area contributed by atoms with Gasteiger partial charge in [-0.1, -0.05) is 60.7 Å². The van der Waals surface area contributed by atoms with Crippen LogP contribution in [0, 0.1) is 0 Å². The van der Waals surface area contributed by atoms with Gasteiger partial charge in [-0.3, -0.25) is 4.90 Å². The van der Waals surface area contributed by atoms with E-state index in [2.05, 4.69) is 11.9 Å². The quantitative estimate of drug-likeness (QED) is 0.860. The largest absolute Gasteiger partial charge is 0.458 e. The lowest BCUT2D eigenvalue weighted by Gasteiger charge is -2.38. The van der Waals surface area contributed by atoms with Crippen LogP contribution in [-0.2, 0) is 15.1 Å². The molecule has 2 fully saturated rings. The first-order valence-corrected chi connectivity index (χ1v) is 9.37. The number of likely N-dealkylation sites (N-methyl/N-ethyl adjacent to an activating group) is 1. The lowest BCUT2D eigenvalue weighted by Crippen LogP contribution is -2.49. The molecule has 0 saturated carbocycles. The number of fused-ring (bicyclic) bond motifs is 2. The van der Waals surface area contributed by atoms with Crippen molar-refractivity contribution in [2.45, 2.75) is 49.5 Å². The number of hydrogen-bond acceptors (Lipinski definition) is 4. The Morgan fingerprint density at radius 2 is 1.50 bits per heavy atom. The van der Waals surface area contributed by atoms with Crippen molar-refractivity contribution in [1.29, 1.82) is 0 Å². The van der Waals surface area contributed by atoms with Crippen LogP contribution in [0.1, 0.15) is 36.8 Å². The maximum atomic E-state index is 13.2. The summed E-state index contributed by atoms with van der Waals surface area (Å²) in [4.78, 5) is 15.6. The summed E-state index contributed by atoms with van der Waals surface area (Å²) in [5.41, 5.74) is -0.731. The minimum absolute atomic E-state index is 0.162. The number of esters is 1. The van der Waals surface area contributed by atoms with Crippen molar-refractivity contribution in [2.75, 3.05) is 7.05 Å². The fourth-order valence-electron chi connectivity index (χ4n) is 4.51. The second-order valence-electron chi connectivity index (χ2n) is 7.43. The number of rotatable bonds is 4. The first-order valence-electron chi connectivity index (χ1n) is 9.37. The van der Waals surface area contributed by atoms with E-state index < -0.39 is 11.6 Å². The average molecular weight is 351 g/mol. The monoisotopic (exact) mass is 351 g/mol. The molecular formula is C22H25NO3. The summed E-state index contributed by atoms with van der Waals surface area (Å²) < 4.78 is 5.94. The van der Waals surface area contributed by atoms with Gasteiger partial charge in [-0.2, -0.15) is 0 Å². The fraction of sp³-hybridized carbons (Fsp3) is 0.409. The van der Waals surface area contributed by atoms with Crippen molar-refractivity contribution >= 4 is 5.97 Å². The van der Waals surface area contributed by atoms with E-state index in [1.54, 1.807) is 24.3 Å². The standard InChI is InChI=1S/C22H25NO3/c1-23-18-12-14-19(23)20(15-13-18)26-21(24)22(25,16-8-4-2-5-9-16)17-10-6-3-7-11-17/h2-11,18-20,25H,12-15H2,1H3/t18?,19-,20?/m1/s1. The van der Waals surface area contributed by atoms with Gasteiger partial charge < -0.3 is 9.84 Å². The third-order valence-electron chi connectivity index (χ3n) is 6.05. The van der Waals surface area contributed by atoms with Gasteiger partial charge in [0.05, 0.1) is 0 Å². The molecule has 4 heteroatoms. The predicted octanol–water partition coefficient (Wildman–Crippen LogP) is 3.09. The highest BCUT2D eigenvalue weighted by Gasteiger charge is 2.47. The van der Waals surface area contributed by atoms with Crippen LogP contribution in [0.25, 0.3) is 0 Å². The van der Waals surface area contributed by atoms with E-state index in [0.717, 1.165) is 25.7 Å². The van der Waals surface area contributed by atoms with Crippen LogP contribution < -0.4 is 0 Å². The van der Waals surface area contributed by atoms with E-state index in [1.807, 2.05) is 36.4 Å². The second-order valence-corrected chi connectivity index (χ2v) is 7.43. The highest BCUT2D eigenvalue weighted by molar-refractivity contribution is 5.85. The van der Waals surface area contributed by atoms with Crippen LogP contribution in [-0.4, -0.2) is 41.2 Å². The highest BCUT2D eigenvalue weighted by atomic mass is 16.6. The highest BCUT2D eigenvalue weighted by Crippen LogP contribution is 2.38. The van der Waals surface area contributed by atoms with E-state index in [0.29, 0.717) is 17.2 Å². The van der Waals surface area contributed by atoms with Gasteiger partial charge >= 0.3 is 5.97 Å². The summed E-state index contributed by atoms with van der Waals surface area (Å²) in [6, 6.07) is 19.0. The van der Waals surface area contributed by atoms with E-state index >= 15 is 0 Å². The molecule has 26 heavy (non-hydrogen) atoms. The predicted molar refractivity (Wildman–Crippen MR) is 99.6 cm³/mol. The minimum Gasteiger partial charge on any atom is -0.458 e. The Bertz CT molecular complexity index is 722. The second kappa shape index (κ2) is 6.86. The van der Waals surface area contributed by atoms with Crippen molar-refractivity contribution < 1.29 is 14.6 Å². The van der Waals surface area contributed by atoms with Gasteiger partial charge in [-0.25, -0.2) is 4.79 Å². The lowest BCUT2D eigenvalue weighted by molar-refractivity contribution is -0.173. The Kier molecular flexibility index (Phi) is 4.55. The van der Waals surface area contributed by atoms with E-state index in [-0.39, 0.29) is 12.1 Å². The zero-order valence-corrected chi connectivity index (χ0v) is 15.0. The van der Waals surface area contributed by atoms with Crippen LogP contribution in [0.2, 0.25) is 0 Å². The summed E-state index contributed by atoms with van der Waals surface area (Å²) in [7, 11) is 2.11. The minimum atomic E-state index is -1.80. The zero-order chi connectivity index (χ0) is 18.1. The molecule has 2 aliphatic rings. The number of hydrogen-bond donors (Lipinski definition) is 1. The van der Waals surface area contributed by atoms with Crippen LogP contribution in [0.3, 0.4) is 0 Å². The van der Waals surface area contributed by atoms with Gasteiger partial charge in [0.15, 0.2) is 0 Å². The molecule has 0 spiro atoms. The summed E-state index contributed by atoms with van der Waals surface area (Å²) >= 11 is 0. The number of ether oxygens (including phenoxy) is 1. The Hall–Kier alpha value is -2.17. The smallest absolute Gasteiger partial charge is 0.348 e. The van der Waals surface area contributed by atoms with E-state index in [4.69, 9.17) is 4.74 Å². The molecule has 2 aromatic rings. The molecule has 0 aromatic heterocycles. The molecule has 2 aromatic carbocycles. The van der Waals surface area contributed by atoms with Gasteiger partial charge in [-0.15, -0.1) is 0 Å². The average Bonchev–Trinajstić information content (AvgIpc) is 2.92. The molecule has 2 unspecified atom stereocenters. The molecule has 0 amide bonds. The molecule has 4 nitrogen and oxygen atoms in total. The number of carbonyl (C=O) groups excluding carboxylic acids is 1. The molecule has 136 valence electrons. The summed E-state index contributed by atoms with van der Waals surface area (Å²) in [6.45, 7) is 0. The van der Waals surface area contributed by atoms with Gasteiger partial charge in [0.1, 0.15) is 6.10 Å². The van der Waals surface area contributed by atoms with Crippen molar-refractivity contribution in [3.05, 3.63) is 71.8 Å². The lowest BCUT2D eigenvalue weighted by atomic mass is 9.86. The van der Waals surface area contributed by atoms with Crippen molar-refractivity contribution in [2.24, 2.45) is 0 Å². The van der Waals surface area contributed by atoms with E-state index in [9.17, 15) is 9.90 Å². The van der Waals surface area contributed by atoms with Crippen LogP contribution in [0.5, 0.6) is 0 Å². The molecule has 2 heterocycles. The Balaban J connectivity index is 1.65. The van der Waals surface area contributed by atoms with E-state index in [1.165, 1.54) is 0 Å². The molecule has 0 aliphatic carbocycles. The molecule has 1 N–H and O–H groups in total. The number of carbonyl (C=O) groups is 1. The van der Waals surface area contributed by atoms with Crippen LogP contribution in [0.4, 0.5) is 0 Å². The third-order valence-corrected chi connectivity index (χ3v) is 6.05. The third kappa shape index (κ3) is 2.83. The Labute approximate surface area is 154 Å². The fourth-order valence-corrected chi connectivity index (χ4v) is 4.51. The maximum absolute atomic E-state index is 13.2. The number of piperidine rings is 1. The molecule has 2 saturated heterocycles. The van der Waals surface area contributed by atoms with Gasteiger partial charge in [0.25, 0.3) is 0 Å². The van der Waals surface area contributed by atoms with Gasteiger partial charge in [0.2, 0.25) is 5.60 Å². The van der Waals surface area contributed by atoms with Crippen LogP contribution in [0.15, 0.2) is 60.7 Å². The van der Waals surface area contributed by atoms with Crippen molar-refractivity contribution in [3.8, 4) is 0 Å². The topological polar surface area (TPSA) is 49.8 Å². The molecular weight excluding hydrogens is 326 g/mol. The molecule has 2 bridgehead atoms. The normalized spacial score (nSPS) is 25.8. The molecule has 0 radical (unpaired) electrons. The van der Waals surface area contributed by atoms with Crippen LogP contribution >= 0.6 is 0 Å². The van der Waals surface area contributed by atoms with Gasteiger partial charge in [-0.05, 0) is 43.9 Å². The first-order chi connectivity index (χ1) is 12.6. The number of nitrogens with zero attached hydrogens (tertiary/aromatic N) is 1. The summed E-state index contributed by atoms with van der Waals surface area (Å²) in [5, 5.41) is 11.5. The first kappa shape index (κ1) is 17.3. The summed E-state index contributed by atoms with van der Waals surface area (Å²) in [6.07, 6.45) is 3.96. The summed E-state index contributed by atoms with van der Waals surface area (Å²) in [5.74, 6) is -0.585. The molecule has 4 rings (SSSR count). The van der Waals surface area contributed by atoms with Crippen molar-refractivity contribution in [3.63, 3.8) is 0 Å². The SMILES string of the molecule is CN1C2CCC(OC(=O)C(O)(c3ccccc3)c3ccccc3)[C@H]1CC2. The molecule has 2 aliphatic heterocycles. The zero-order valence-electron chi connectivity index (χ0n) is 15.0. The Morgan fingerprint density at radius 1 is 0.962 bits per heavy atom. The number of benzene rings is 2. The maximum Gasteiger partial charge on any atom is 0.348 e. The number of aliphatic hydroxyl groups is 1. The van der Waals surface area contributed by atoms with Gasteiger partial charge in [0, 0.05) is 12.1 Å². The molecule has 3 atom stereocenters. The van der Waals surface area contributed by atoms with Crippen molar-refractivity contribution in [1.82, 2.24) is 4.90 Å².